The van der Waals surface area contributed by atoms with Crippen LogP contribution in [0.4, 0.5) is 0 Å². The summed E-state index contributed by atoms with van der Waals surface area (Å²) >= 11 is 0. The molecule has 0 aliphatic heterocycles. The van der Waals surface area contributed by atoms with Crippen LogP contribution in [0.5, 0.6) is 0 Å². The van der Waals surface area contributed by atoms with E-state index in [0.29, 0.717) is 5.54 Å². The SMILES string of the molecule is CCCCCCCCC1(N(C)C)CC1.CCCCCCCCCC1CCCCCC1C. The number of rotatable bonds is 16. The van der Waals surface area contributed by atoms with E-state index in [-0.39, 0.29) is 0 Å². The lowest BCUT2D eigenvalue weighted by molar-refractivity contribution is 0.249. The molecule has 186 valence electrons. The van der Waals surface area contributed by atoms with Crippen molar-refractivity contribution in [3.8, 4) is 0 Å². The topological polar surface area (TPSA) is 3.24 Å². The van der Waals surface area contributed by atoms with E-state index >= 15 is 0 Å². The van der Waals surface area contributed by atoms with Crippen molar-refractivity contribution in [3.63, 3.8) is 0 Å². The molecule has 1 nitrogen and oxygen atoms in total. The molecule has 0 spiro atoms. The Bertz CT molecular complexity index is 384. The smallest absolute Gasteiger partial charge is 0.0204 e. The zero-order chi connectivity index (χ0) is 22.8. The van der Waals surface area contributed by atoms with Crippen molar-refractivity contribution in [2.24, 2.45) is 11.8 Å². The second kappa shape index (κ2) is 18.4. The third-order valence-electron chi connectivity index (χ3n) is 8.49. The molecule has 0 saturated heterocycles. The Labute approximate surface area is 198 Å². The van der Waals surface area contributed by atoms with Crippen LogP contribution in [0, 0.1) is 11.8 Å². The van der Waals surface area contributed by atoms with Crippen LogP contribution in [0.1, 0.15) is 162 Å². The van der Waals surface area contributed by atoms with Gasteiger partial charge in [0.25, 0.3) is 0 Å². The third-order valence-corrected chi connectivity index (χ3v) is 8.49. The summed E-state index contributed by atoms with van der Waals surface area (Å²) in [5, 5.41) is 0. The van der Waals surface area contributed by atoms with Crippen molar-refractivity contribution in [2.45, 2.75) is 168 Å². The summed E-state index contributed by atoms with van der Waals surface area (Å²) in [6.07, 6.45) is 32.2. The first-order valence-corrected chi connectivity index (χ1v) is 14.7. The highest BCUT2D eigenvalue weighted by atomic mass is 15.2. The predicted molar refractivity (Wildman–Crippen MR) is 142 cm³/mol. The van der Waals surface area contributed by atoms with Crippen molar-refractivity contribution in [1.82, 2.24) is 4.90 Å². The van der Waals surface area contributed by atoms with Crippen molar-refractivity contribution in [1.29, 1.82) is 0 Å². The fraction of sp³-hybridized carbons (Fsp3) is 1.00. The molecule has 1 heteroatoms. The molecule has 0 radical (unpaired) electrons. The van der Waals surface area contributed by atoms with E-state index in [2.05, 4.69) is 39.8 Å². The molecule has 2 fully saturated rings. The summed E-state index contributed by atoms with van der Waals surface area (Å²) in [4.78, 5) is 2.44. The van der Waals surface area contributed by atoms with Crippen LogP contribution in [0.25, 0.3) is 0 Å². The molecule has 0 aromatic carbocycles. The van der Waals surface area contributed by atoms with Gasteiger partial charge in [0.2, 0.25) is 0 Å². The summed E-state index contributed by atoms with van der Waals surface area (Å²) < 4.78 is 0. The molecule has 2 rings (SSSR count). The Balaban J connectivity index is 0.000000316. The van der Waals surface area contributed by atoms with Gasteiger partial charge in [0, 0.05) is 5.54 Å². The van der Waals surface area contributed by atoms with Crippen LogP contribution in [-0.4, -0.2) is 24.5 Å². The average molecular weight is 436 g/mol. The van der Waals surface area contributed by atoms with Crippen LogP contribution in [0.3, 0.4) is 0 Å². The van der Waals surface area contributed by atoms with E-state index in [1.165, 1.54) is 141 Å². The van der Waals surface area contributed by atoms with Gasteiger partial charge in [-0.25, -0.2) is 0 Å². The maximum atomic E-state index is 2.50. The van der Waals surface area contributed by atoms with Crippen LogP contribution in [0.2, 0.25) is 0 Å². The first kappa shape index (κ1) is 29.0. The Hall–Kier alpha value is -0.0400. The Morgan fingerprint density at radius 2 is 1.16 bits per heavy atom. The Morgan fingerprint density at radius 1 is 0.645 bits per heavy atom. The van der Waals surface area contributed by atoms with Gasteiger partial charge < -0.3 is 4.90 Å². The van der Waals surface area contributed by atoms with E-state index in [1.54, 1.807) is 0 Å². The lowest BCUT2D eigenvalue weighted by atomic mass is 9.85. The van der Waals surface area contributed by atoms with Gasteiger partial charge in [0.1, 0.15) is 0 Å². The van der Waals surface area contributed by atoms with Crippen molar-refractivity contribution in [2.75, 3.05) is 14.1 Å². The Kier molecular flexibility index (Phi) is 17.2. The molecule has 0 heterocycles. The van der Waals surface area contributed by atoms with Gasteiger partial charge in [-0.15, -0.1) is 0 Å². The van der Waals surface area contributed by atoms with E-state index in [9.17, 15) is 0 Å². The van der Waals surface area contributed by atoms with Gasteiger partial charge in [-0.2, -0.15) is 0 Å². The highest BCUT2D eigenvalue weighted by Gasteiger charge is 2.43. The fourth-order valence-corrected chi connectivity index (χ4v) is 5.66. The molecule has 0 aromatic rings. The molecular formula is C30H61N. The summed E-state index contributed by atoms with van der Waals surface area (Å²) in [6.45, 7) is 7.08. The monoisotopic (exact) mass is 435 g/mol. The number of nitrogens with zero attached hydrogens (tertiary/aromatic N) is 1. The first-order valence-electron chi connectivity index (χ1n) is 14.7. The zero-order valence-electron chi connectivity index (χ0n) is 22.7. The van der Waals surface area contributed by atoms with E-state index in [0.717, 1.165) is 11.8 Å². The molecule has 0 N–H and O–H groups in total. The maximum Gasteiger partial charge on any atom is 0.0204 e. The lowest BCUT2D eigenvalue weighted by Crippen LogP contribution is -2.29. The summed E-state index contributed by atoms with van der Waals surface area (Å²) in [6, 6.07) is 0. The number of hydrogen-bond donors (Lipinski definition) is 0. The molecule has 2 atom stereocenters. The molecule has 0 bridgehead atoms. The lowest BCUT2D eigenvalue weighted by Gasteiger charge is -2.23. The van der Waals surface area contributed by atoms with Crippen molar-refractivity contribution in [3.05, 3.63) is 0 Å². The minimum absolute atomic E-state index is 0.630. The fourth-order valence-electron chi connectivity index (χ4n) is 5.66. The first-order chi connectivity index (χ1) is 15.1. The standard InChI is InChI=1S/C17H34.C13H27N/c1-3-4-5-6-7-8-11-14-17-15-12-9-10-13-16(17)2;1-4-5-6-7-8-9-10-13(11-12-13)14(2)3/h16-17H,3-15H2,1-2H3;4-12H2,1-3H3. The molecule has 0 amide bonds. The maximum absolute atomic E-state index is 2.50. The van der Waals surface area contributed by atoms with Crippen molar-refractivity contribution < 1.29 is 0 Å². The molecule has 2 aliphatic carbocycles. The second-order valence-electron chi connectivity index (χ2n) is 11.4. The minimum atomic E-state index is 0.630. The molecule has 2 aliphatic rings. The van der Waals surface area contributed by atoms with Crippen LogP contribution in [0.15, 0.2) is 0 Å². The third kappa shape index (κ3) is 14.0. The normalized spacial score (nSPS) is 22.6. The second-order valence-corrected chi connectivity index (χ2v) is 11.4. The predicted octanol–water partition coefficient (Wildman–Crippen LogP) is 10.2. The van der Waals surface area contributed by atoms with Gasteiger partial charge in [-0.1, -0.05) is 143 Å². The summed E-state index contributed by atoms with van der Waals surface area (Å²) in [7, 11) is 4.48. The van der Waals surface area contributed by atoms with Gasteiger partial charge in [0.15, 0.2) is 0 Å². The molecule has 0 aromatic heterocycles. The number of unbranched alkanes of at least 4 members (excludes halogenated alkanes) is 11. The van der Waals surface area contributed by atoms with E-state index in [4.69, 9.17) is 0 Å². The summed E-state index contributed by atoms with van der Waals surface area (Å²) in [5.74, 6) is 2.07. The highest BCUT2D eigenvalue weighted by molar-refractivity contribution is 5.01. The van der Waals surface area contributed by atoms with Gasteiger partial charge in [-0.05, 0) is 45.2 Å². The van der Waals surface area contributed by atoms with Crippen molar-refractivity contribution >= 4 is 0 Å². The molecule has 2 saturated carbocycles. The quantitative estimate of drug-likeness (QED) is 0.172. The number of hydrogen-bond acceptors (Lipinski definition) is 1. The minimum Gasteiger partial charge on any atom is -0.304 e. The molecular weight excluding hydrogens is 374 g/mol. The highest BCUT2D eigenvalue weighted by Crippen LogP contribution is 2.44. The Morgan fingerprint density at radius 3 is 1.71 bits per heavy atom. The largest absolute Gasteiger partial charge is 0.304 e. The van der Waals surface area contributed by atoms with Crippen LogP contribution < -0.4 is 0 Å². The zero-order valence-corrected chi connectivity index (χ0v) is 22.7. The molecule has 31 heavy (non-hydrogen) atoms. The summed E-state index contributed by atoms with van der Waals surface area (Å²) in [5.41, 5.74) is 0.630. The van der Waals surface area contributed by atoms with Crippen LogP contribution in [-0.2, 0) is 0 Å². The van der Waals surface area contributed by atoms with E-state index < -0.39 is 0 Å². The van der Waals surface area contributed by atoms with Gasteiger partial charge in [0.05, 0.1) is 0 Å². The van der Waals surface area contributed by atoms with Gasteiger partial charge in [-0.3, -0.25) is 0 Å². The van der Waals surface area contributed by atoms with Gasteiger partial charge >= 0.3 is 0 Å². The van der Waals surface area contributed by atoms with Crippen LogP contribution >= 0.6 is 0 Å². The average Bonchev–Trinajstić information content (AvgIpc) is 3.57. The van der Waals surface area contributed by atoms with E-state index in [1.807, 2.05) is 0 Å². The molecule has 2 unspecified atom stereocenters.